The van der Waals surface area contributed by atoms with Gasteiger partial charge in [0.1, 0.15) is 0 Å². The highest BCUT2D eigenvalue weighted by molar-refractivity contribution is 14.1. The van der Waals surface area contributed by atoms with Crippen LogP contribution < -0.4 is 0 Å². The first-order chi connectivity index (χ1) is 8.06. The van der Waals surface area contributed by atoms with Crippen molar-refractivity contribution in [1.82, 2.24) is 0 Å². The molecule has 0 aliphatic rings. The molecule has 0 bridgehead atoms. The minimum atomic E-state index is -0.670. The number of hydrogen-bond acceptors (Lipinski definition) is 1. The third-order valence-electron chi connectivity index (χ3n) is 3.23. The highest BCUT2D eigenvalue weighted by atomic mass is 127. The van der Waals surface area contributed by atoms with E-state index in [4.69, 9.17) is 0 Å². The molecule has 0 fully saturated rings. The lowest BCUT2D eigenvalue weighted by Gasteiger charge is -2.24. The summed E-state index contributed by atoms with van der Waals surface area (Å²) >= 11 is 2.29. The molecule has 1 nitrogen and oxygen atoms in total. The number of halogens is 1. The molecule has 1 aromatic carbocycles. The second-order valence-corrected chi connectivity index (χ2v) is 6.19. The third-order valence-corrected chi connectivity index (χ3v) is 3.95. The molecule has 1 atom stereocenters. The molecule has 1 N–H and O–H groups in total. The van der Waals surface area contributed by atoms with Gasteiger partial charge in [-0.1, -0.05) is 51.2 Å². The van der Waals surface area contributed by atoms with Gasteiger partial charge in [-0.25, -0.2) is 0 Å². The van der Waals surface area contributed by atoms with Crippen molar-refractivity contribution in [3.05, 3.63) is 33.4 Å². The number of rotatable bonds is 7. The first-order valence-electron chi connectivity index (χ1n) is 6.54. The molecule has 1 rings (SSSR count). The van der Waals surface area contributed by atoms with E-state index < -0.39 is 5.60 Å². The summed E-state index contributed by atoms with van der Waals surface area (Å²) in [6.45, 7) is 4.15. The lowest BCUT2D eigenvalue weighted by Crippen LogP contribution is -2.20. The lowest BCUT2D eigenvalue weighted by atomic mass is 9.90. The van der Waals surface area contributed by atoms with Crippen molar-refractivity contribution in [2.75, 3.05) is 0 Å². The van der Waals surface area contributed by atoms with Crippen LogP contribution in [0.3, 0.4) is 0 Å². The SMILES string of the molecule is CCCCCCCC(C)(O)c1ccc(I)cc1. The van der Waals surface area contributed by atoms with E-state index in [1.165, 1.54) is 29.3 Å². The fourth-order valence-electron chi connectivity index (χ4n) is 2.03. The van der Waals surface area contributed by atoms with Crippen LogP contribution in [0.1, 0.15) is 57.9 Å². The van der Waals surface area contributed by atoms with E-state index in [1.807, 2.05) is 19.1 Å². The monoisotopic (exact) mass is 346 g/mol. The molecule has 0 aromatic heterocycles. The summed E-state index contributed by atoms with van der Waals surface area (Å²) in [6.07, 6.45) is 7.07. The minimum absolute atomic E-state index is 0.670. The zero-order valence-electron chi connectivity index (χ0n) is 10.9. The van der Waals surface area contributed by atoms with Gasteiger partial charge < -0.3 is 5.11 Å². The van der Waals surface area contributed by atoms with E-state index in [9.17, 15) is 5.11 Å². The van der Waals surface area contributed by atoms with Crippen LogP contribution in [0, 0.1) is 3.57 Å². The van der Waals surface area contributed by atoms with Crippen molar-refractivity contribution in [3.8, 4) is 0 Å². The molecule has 96 valence electrons. The second-order valence-electron chi connectivity index (χ2n) is 4.94. The Balaban J connectivity index is 2.42. The average Bonchev–Trinajstić information content (AvgIpc) is 2.29. The summed E-state index contributed by atoms with van der Waals surface area (Å²) in [5.74, 6) is 0. The molecule has 0 amide bonds. The lowest BCUT2D eigenvalue weighted by molar-refractivity contribution is 0.0448. The quantitative estimate of drug-likeness (QED) is 0.552. The van der Waals surface area contributed by atoms with Crippen molar-refractivity contribution < 1.29 is 5.11 Å². The van der Waals surface area contributed by atoms with Crippen LogP contribution in [0.4, 0.5) is 0 Å². The van der Waals surface area contributed by atoms with Crippen molar-refractivity contribution >= 4 is 22.6 Å². The fraction of sp³-hybridized carbons (Fsp3) is 0.600. The molecule has 0 aliphatic carbocycles. The molecule has 0 saturated heterocycles. The van der Waals surface area contributed by atoms with Crippen LogP contribution in [0.15, 0.2) is 24.3 Å². The predicted octanol–water partition coefficient (Wildman–Crippen LogP) is 4.86. The summed E-state index contributed by atoms with van der Waals surface area (Å²) in [6, 6.07) is 8.19. The molecule has 2 heteroatoms. The van der Waals surface area contributed by atoms with E-state index >= 15 is 0 Å². The maximum absolute atomic E-state index is 10.4. The molecule has 0 aliphatic heterocycles. The van der Waals surface area contributed by atoms with Crippen LogP contribution in [0.25, 0.3) is 0 Å². The van der Waals surface area contributed by atoms with Gasteiger partial charge in [0.15, 0.2) is 0 Å². The van der Waals surface area contributed by atoms with Gasteiger partial charge in [-0.3, -0.25) is 0 Å². The number of benzene rings is 1. The van der Waals surface area contributed by atoms with Gasteiger partial charge in [0, 0.05) is 3.57 Å². The Morgan fingerprint density at radius 1 is 1.06 bits per heavy atom. The van der Waals surface area contributed by atoms with Crippen molar-refractivity contribution in [2.24, 2.45) is 0 Å². The van der Waals surface area contributed by atoms with Crippen LogP contribution in [-0.2, 0) is 5.60 Å². The Kier molecular flexibility index (Phi) is 6.49. The van der Waals surface area contributed by atoms with E-state index in [0.717, 1.165) is 18.4 Å². The van der Waals surface area contributed by atoms with Gasteiger partial charge in [0.2, 0.25) is 0 Å². The molecule has 0 spiro atoms. The maximum Gasteiger partial charge on any atom is 0.0868 e. The largest absolute Gasteiger partial charge is 0.385 e. The molecule has 1 aromatic rings. The van der Waals surface area contributed by atoms with Crippen LogP contribution >= 0.6 is 22.6 Å². The van der Waals surface area contributed by atoms with Crippen LogP contribution in [-0.4, -0.2) is 5.11 Å². The topological polar surface area (TPSA) is 20.2 Å². The van der Waals surface area contributed by atoms with E-state index in [2.05, 4.69) is 41.6 Å². The Morgan fingerprint density at radius 2 is 1.65 bits per heavy atom. The maximum atomic E-state index is 10.4. The van der Waals surface area contributed by atoms with E-state index in [1.54, 1.807) is 0 Å². The summed E-state index contributed by atoms with van der Waals surface area (Å²) in [4.78, 5) is 0. The molecule has 0 saturated carbocycles. The minimum Gasteiger partial charge on any atom is -0.385 e. The standard InChI is InChI=1S/C15H23IO/c1-3-4-5-6-7-12-15(2,17)13-8-10-14(16)11-9-13/h8-11,17H,3-7,12H2,1-2H3. The smallest absolute Gasteiger partial charge is 0.0868 e. The van der Waals surface area contributed by atoms with Crippen molar-refractivity contribution in [2.45, 2.75) is 58.0 Å². The predicted molar refractivity (Wildman–Crippen MR) is 82.1 cm³/mol. The number of aliphatic hydroxyl groups is 1. The number of hydrogen-bond donors (Lipinski definition) is 1. The van der Waals surface area contributed by atoms with Gasteiger partial charge in [-0.2, -0.15) is 0 Å². The first-order valence-corrected chi connectivity index (χ1v) is 7.62. The Morgan fingerprint density at radius 3 is 2.24 bits per heavy atom. The zero-order chi connectivity index (χ0) is 12.7. The van der Waals surface area contributed by atoms with Gasteiger partial charge in [-0.15, -0.1) is 0 Å². The summed E-state index contributed by atoms with van der Waals surface area (Å²) < 4.78 is 1.21. The summed E-state index contributed by atoms with van der Waals surface area (Å²) in [5.41, 5.74) is 0.365. The number of unbranched alkanes of at least 4 members (excludes halogenated alkanes) is 4. The Labute approximate surface area is 119 Å². The van der Waals surface area contributed by atoms with Gasteiger partial charge >= 0.3 is 0 Å². The van der Waals surface area contributed by atoms with E-state index in [-0.39, 0.29) is 0 Å². The van der Waals surface area contributed by atoms with Gasteiger partial charge in [0.25, 0.3) is 0 Å². The normalized spacial score (nSPS) is 14.6. The van der Waals surface area contributed by atoms with E-state index in [0.29, 0.717) is 0 Å². The molecule has 0 radical (unpaired) electrons. The fourth-order valence-corrected chi connectivity index (χ4v) is 2.39. The zero-order valence-corrected chi connectivity index (χ0v) is 13.0. The van der Waals surface area contributed by atoms with Crippen LogP contribution in [0.2, 0.25) is 0 Å². The molecule has 1 unspecified atom stereocenters. The van der Waals surface area contributed by atoms with Gasteiger partial charge in [0.05, 0.1) is 5.60 Å². The summed E-state index contributed by atoms with van der Waals surface area (Å²) in [7, 11) is 0. The van der Waals surface area contributed by atoms with Gasteiger partial charge in [-0.05, 0) is 53.6 Å². The highest BCUT2D eigenvalue weighted by Gasteiger charge is 2.21. The van der Waals surface area contributed by atoms with Crippen LogP contribution in [0.5, 0.6) is 0 Å². The van der Waals surface area contributed by atoms with Crippen molar-refractivity contribution in [1.29, 1.82) is 0 Å². The second kappa shape index (κ2) is 7.37. The molecular weight excluding hydrogens is 323 g/mol. The highest BCUT2D eigenvalue weighted by Crippen LogP contribution is 2.27. The van der Waals surface area contributed by atoms with Crippen molar-refractivity contribution in [3.63, 3.8) is 0 Å². The average molecular weight is 346 g/mol. The summed E-state index contributed by atoms with van der Waals surface area (Å²) in [5, 5.41) is 10.4. The third kappa shape index (κ3) is 5.38. The Bertz CT molecular complexity index is 316. The molecule has 0 heterocycles. The molecular formula is C15H23IO. The molecule has 17 heavy (non-hydrogen) atoms. The first kappa shape index (κ1) is 15.0. The Hall–Kier alpha value is -0.0900.